The van der Waals surface area contributed by atoms with Crippen LogP contribution in [0.25, 0.3) is 0 Å². The number of carboxylic acids is 1. The van der Waals surface area contributed by atoms with Gasteiger partial charge in [-0.2, -0.15) is 0 Å². The highest BCUT2D eigenvalue weighted by atomic mass is 16.4. The highest BCUT2D eigenvalue weighted by Crippen LogP contribution is 2.41. The molecule has 18 heavy (non-hydrogen) atoms. The van der Waals surface area contributed by atoms with Gasteiger partial charge in [0.2, 0.25) is 5.91 Å². The topological polar surface area (TPSA) is 57.6 Å². The van der Waals surface area contributed by atoms with Gasteiger partial charge in [0.05, 0.1) is 6.42 Å². The van der Waals surface area contributed by atoms with Gasteiger partial charge in [-0.1, -0.05) is 12.1 Å². The molecule has 1 aromatic carbocycles. The number of hydrogen-bond acceptors (Lipinski definition) is 2. The van der Waals surface area contributed by atoms with Gasteiger partial charge in [0.25, 0.3) is 0 Å². The Labute approximate surface area is 106 Å². The van der Waals surface area contributed by atoms with E-state index in [4.69, 9.17) is 5.11 Å². The second-order valence-corrected chi connectivity index (χ2v) is 4.91. The third-order valence-corrected chi connectivity index (χ3v) is 3.60. The predicted octanol–water partition coefficient (Wildman–Crippen LogP) is 2.23. The number of carbonyl (C=O) groups excluding carboxylic acids is 1. The fraction of sp³-hybridized carbons (Fsp3) is 0.429. The van der Waals surface area contributed by atoms with Gasteiger partial charge in [-0.3, -0.25) is 9.59 Å². The summed E-state index contributed by atoms with van der Waals surface area (Å²) in [7, 11) is 1.75. The first-order chi connectivity index (χ1) is 8.41. The molecule has 96 valence electrons. The van der Waals surface area contributed by atoms with Crippen molar-refractivity contribution in [2.75, 3.05) is 11.9 Å². The average molecular weight is 247 g/mol. The van der Waals surface area contributed by atoms with E-state index in [1.54, 1.807) is 11.9 Å². The highest BCUT2D eigenvalue weighted by molar-refractivity contribution is 5.98. The van der Waals surface area contributed by atoms with Gasteiger partial charge < -0.3 is 10.0 Å². The molecule has 0 fully saturated rings. The van der Waals surface area contributed by atoms with Crippen LogP contribution in [0.1, 0.15) is 35.4 Å². The lowest BCUT2D eigenvalue weighted by atomic mass is 9.83. The number of aryl methyl sites for hydroxylation is 2. The summed E-state index contributed by atoms with van der Waals surface area (Å²) in [5, 5.41) is 8.98. The number of anilines is 1. The molecule has 1 atom stereocenters. The lowest BCUT2D eigenvalue weighted by molar-refractivity contribution is -0.137. The molecule has 1 aliphatic rings. The van der Waals surface area contributed by atoms with Crippen molar-refractivity contribution in [1.82, 2.24) is 0 Å². The minimum absolute atomic E-state index is 0.0108. The van der Waals surface area contributed by atoms with Crippen molar-refractivity contribution in [2.24, 2.45) is 0 Å². The number of nitrogens with zero attached hydrogens (tertiary/aromatic N) is 1. The molecular formula is C14H17NO3. The van der Waals surface area contributed by atoms with Gasteiger partial charge in [-0.05, 0) is 30.5 Å². The summed E-state index contributed by atoms with van der Waals surface area (Å²) in [5.41, 5.74) is 3.97. The van der Waals surface area contributed by atoms with Crippen LogP contribution in [0.15, 0.2) is 12.1 Å². The molecule has 1 unspecified atom stereocenters. The summed E-state index contributed by atoms with van der Waals surface area (Å²) in [5.74, 6) is -1.08. The predicted molar refractivity (Wildman–Crippen MR) is 68.9 cm³/mol. The summed E-state index contributed by atoms with van der Waals surface area (Å²) in [6.07, 6.45) is 0.289. The fourth-order valence-electron chi connectivity index (χ4n) is 2.74. The Balaban J connectivity index is 2.59. The number of fused-ring (bicyclic) bond motifs is 1. The minimum Gasteiger partial charge on any atom is -0.481 e. The number of carboxylic acid groups (broad SMARTS) is 1. The van der Waals surface area contributed by atoms with Crippen LogP contribution in [0.5, 0.6) is 0 Å². The van der Waals surface area contributed by atoms with Crippen molar-refractivity contribution in [3.8, 4) is 0 Å². The first kappa shape index (κ1) is 12.6. The van der Waals surface area contributed by atoms with E-state index in [2.05, 4.69) is 0 Å². The first-order valence-corrected chi connectivity index (χ1v) is 6.00. The molecule has 1 amide bonds. The summed E-state index contributed by atoms with van der Waals surface area (Å²) in [4.78, 5) is 24.5. The van der Waals surface area contributed by atoms with E-state index in [0.29, 0.717) is 0 Å². The van der Waals surface area contributed by atoms with Crippen LogP contribution >= 0.6 is 0 Å². The van der Waals surface area contributed by atoms with E-state index in [0.717, 1.165) is 22.4 Å². The average Bonchev–Trinajstić information content (AvgIpc) is 2.28. The molecule has 0 aliphatic carbocycles. The summed E-state index contributed by atoms with van der Waals surface area (Å²) in [6, 6.07) is 3.97. The number of hydrogen-bond donors (Lipinski definition) is 1. The van der Waals surface area contributed by atoms with Crippen molar-refractivity contribution in [3.05, 3.63) is 28.8 Å². The lowest BCUT2D eigenvalue weighted by Crippen LogP contribution is -2.35. The van der Waals surface area contributed by atoms with Gasteiger partial charge in [0.15, 0.2) is 0 Å². The molecule has 0 spiro atoms. The Morgan fingerprint density at radius 2 is 2.00 bits per heavy atom. The Hall–Kier alpha value is -1.84. The van der Waals surface area contributed by atoms with E-state index in [1.807, 2.05) is 26.0 Å². The molecule has 1 heterocycles. The molecule has 0 bridgehead atoms. The summed E-state index contributed by atoms with van der Waals surface area (Å²) in [6.45, 7) is 3.92. The van der Waals surface area contributed by atoms with Gasteiger partial charge in [-0.25, -0.2) is 0 Å². The summed E-state index contributed by atoms with van der Waals surface area (Å²) < 4.78 is 0. The smallest absolute Gasteiger partial charge is 0.303 e. The third kappa shape index (κ3) is 1.98. The van der Waals surface area contributed by atoms with Crippen LogP contribution in [-0.4, -0.2) is 24.0 Å². The largest absolute Gasteiger partial charge is 0.481 e. The zero-order valence-electron chi connectivity index (χ0n) is 10.9. The van der Waals surface area contributed by atoms with Crippen molar-refractivity contribution >= 4 is 17.6 Å². The molecule has 4 nitrogen and oxygen atoms in total. The molecule has 0 saturated heterocycles. The van der Waals surface area contributed by atoms with Crippen LogP contribution < -0.4 is 4.90 Å². The Morgan fingerprint density at radius 1 is 1.39 bits per heavy atom. The number of carbonyl (C=O) groups is 2. The van der Waals surface area contributed by atoms with E-state index >= 15 is 0 Å². The van der Waals surface area contributed by atoms with Crippen LogP contribution in [0.4, 0.5) is 5.69 Å². The van der Waals surface area contributed by atoms with Crippen LogP contribution in [-0.2, 0) is 9.59 Å². The van der Waals surface area contributed by atoms with Crippen LogP contribution in [0.2, 0.25) is 0 Å². The van der Waals surface area contributed by atoms with E-state index in [1.165, 1.54) is 0 Å². The number of aliphatic carboxylic acids is 1. The van der Waals surface area contributed by atoms with E-state index in [9.17, 15) is 9.59 Å². The zero-order chi connectivity index (χ0) is 13.4. The number of rotatable bonds is 2. The summed E-state index contributed by atoms with van der Waals surface area (Å²) >= 11 is 0. The van der Waals surface area contributed by atoms with Crippen molar-refractivity contribution in [2.45, 2.75) is 32.6 Å². The maximum absolute atomic E-state index is 11.9. The normalized spacial score (nSPS) is 18.7. The molecule has 1 N–H and O–H groups in total. The Kier molecular flexibility index (Phi) is 3.11. The molecule has 0 aromatic heterocycles. The van der Waals surface area contributed by atoms with Gasteiger partial charge in [0, 0.05) is 25.1 Å². The second kappa shape index (κ2) is 4.44. The van der Waals surface area contributed by atoms with Crippen molar-refractivity contribution in [1.29, 1.82) is 0 Å². The minimum atomic E-state index is -0.857. The maximum atomic E-state index is 11.9. The zero-order valence-corrected chi connectivity index (χ0v) is 10.9. The number of benzene rings is 1. The fourth-order valence-corrected chi connectivity index (χ4v) is 2.74. The lowest BCUT2D eigenvalue weighted by Gasteiger charge is -2.33. The first-order valence-electron chi connectivity index (χ1n) is 6.00. The molecule has 0 saturated carbocycles. The Morgan fingerprint density at radius 3 is 2.61 bits per heavy atom. The standard InChI is InChI=1S/C14H17NO3/c1-8-4-5-9(2)14-13(8)10(7-12(17)18)6-11(16)15(14)3/h4-5,10H,6-7H2,1-3H3,(H,17,18). The van der Waals surface area contributed by atoms with E-state index in [-0.39, 0.29) is 24.7 Å². The van der Waals surface area contributed by atoms with Crippen LogP contribution in [0.3, 0.4) is 0 Å². The van der Waals surface area contributed by atoms with Crippen molar-refractivity contribution in [3.63, 3.8) is 0 Å². The molecule has 4 heteroatoms. The quantitative estimate of drug-likeness (QED) is 0.871. The van der Waals surface area contributed by atoms with Gasteiger partial charge in [0.1, 0.15) is 0 Å². The molecule has 2 rings (SSSR count). The van der Waals surface area contributed by atoms with Crippen LogP contribution in [0, 0.1) is 13.8 Å². The molecule has 1 aromatic rings. The monoisotopic (exact) mass is 247 g/mol. The molecule has 1 aliphatic heterocycles. The highest BCUT2D eigenvalue weighted by Gasteiger charge is 2.32. The molecular weight excluding hydrogens is 230 g/mol. The maximum Gasteiger partial charge on any atom is 0.303 e. The second-order valence-electron chi connectivity index (χ2n) is 4.91. The molecule has 0 radical (unpaired) electrons. The van der Waals surface area contributed by atoms with Crippen molar-refractivity contribution < 1.29 is 14.7 Å². The number of amides is 1. The van der Waals surface area contributed by atoms with E-state index < -0.39 is 5.97 Å². The SMILES string of the molecule is Cc1ccc(C)c2c1C(CC(=O)O)CC(=O)N2C. The van der Waals surface area contributed by atoms with Gasteiger partial charge in [-0.15, -0.1) is 0 Å². The Bertz CT molecular complexity index is 522. The third-order valence-electron chi connectivity index (χ3n) is 3.60. The van der Waals surface area contributed by atoms with Gasteiger partial charge >= 0.3 is 5.97 Å².